The molecule has 0 aliphatic heterocycles. The standard InChI is InChI=1S/C23H17BrCl2FN3O3/c24-19-9-14(1-8-21(19)33-13-15-2-3-16(25)10-20(15)26)12-28-30-23(32)11-22(31)29-18-6-4-17(27)5-7-18/h1-10,12H,11,13H2,(H,29,31)(H,30,32). The molecule has 0 saturated carbocycles. The van der Waals surface area contributed by atoms with Crippen LogP contribution in [-0.2, 0) is 16.2 Å². The van der Waals surface area contributed by atoms with Crippen LogP contribution in [0.2, 0.25) is 10.0 Å². The van der Waals surface area contributed by atoms with Gasteiger partial charge in [0.2, 0.25) is 11.8 Å². The molecule has 0 radical (unpaired) electrons. The van der Waals surface area contributed by atoms with Crippen LogP contribution in [0.1, 0.15) is 17.5 Å². The molecule has 3 aromatic carbocycles. The molecule has 3 aromatic rings. The molecule has 6 nitrogen and oxygen atoms in total. The van der Waals surface area contributed by atoms with Gasteiger partial charge in [0.15, 0.2) is 0 Å². The van der Waals surface area contributed by atoms with E-state index in [2.05, 4.69) is 31.8 Å². The Labute approximate surface area is 207 Å². The second kappa shape index (κ2) is 11.8. The maximum atomic E-state index is 12.9. The molecule has 0 spiro atoms. The summed E-state index contributed by atoms with van der Waals surface area (Å²) in [6, 6.07) is 15.7. The zero-order valence-electron chi connectivity index (χ0n) is 16.9. The zero-order valence-corrected chi connectivity index (χ0v) is 20.0. The number of benzene rings is 3. The van der Waals surface area contributed by atoms with E-state index in [-0.39, 0.29) is 6.61 Å². The SMILES string of the molecule is O=C(CC(=O)Nc1ccc(F)cc1)NN=Cc1ccc(OCc2ccc(Cl)cc2Cl)c(Br)c1. The van der Waals surface area contributed by atoms with Crippen molar-refractivity contribution in [2.75, 3.05) is 5.32 Å². The minimum absolute atomic E-state index is 0.262. The number of ether oxygens (including phenoxy) is 1. The topological polar surface area (TPSA) is 79.8 Å². The summed E-state index contributed by atoms with van der Waals surface area (Å²) in [6.07, 6.45) is 0.999. The number of amides is 2. The number of nitrogens with one attached hydrogen (secondary N) is 2. The third-order valence-electron chi connectivity index (χ3n) is 4.21. The first kappa shape index (κ1) is 24.7. The molecule has 0 atom stereocenters. The highest BCUT2D eigenvalue weighted by Gasteiger charge is 2.09. The molecule has 33 heavy (non-hydrogen) atoms. The van der Waals surface area contributed by atoms with E-state index in [0.717, 1.165) is 5.56 Å². The molecule has 0 fully saturated rings. The first-order valence-electron chi connectivity index (χ1n) is 9.54. The fourth-order valence-corrected chi connectivity index (χ4v) is 3.59. The van der Waals surface area contributed by atoms with Crippen molar-refractivity contribution >= 4 is 62.8 Å². The molecule has 0 unspecified atom stereocenters. The van der Waals surface area contributed by atoms with Gasteiger partial charge in [-0.15, -0.1) is 0 Å². The van der Waals surface area contributed by atoms with E-state index < -0.39 is 24.1 Å². The number of nitrogens with zero attached hydrogens (tertiary/aromatic N) is 1. The average molecular weight is 553 g/mol. The minimum atomic E-state index is -0.593. The molecule has 0 heterocycles. The number of halogens is 4. The Morgan fingerprint density at radius 2 is 1.79 bits per heavy atom. The average Bonchev–Trinajstić information content (AvgIpc) is 2.76. The van der Waals surface area contributed by atoms with Crippen molar-refractivity contribution in [2.45, 2.75) is 13.0 Å². The third-order valence-corrected chi connectivity index (χ3v) is 5.41. The smallest absolute Gasteiger partial charge is 0.249 e. The lowest BCUT2D eigenvalue weighted by atomic mass is 10.2. The van der Waals surface area contributed by atoms with Gasteiger partial charge in [-0.05, 0) is 76.1 Å². The Morgan fingerprint density at radius 3 is 2.48 bits per heavy atom. The van der Waals surface area contributed by atoms with Crippen LogP contribution in [0, 0.1) is 5.82 Å². The van der Waals surface area contributed by atoms with Gasteiger partial charge in [0.05, 0.1) is 10.7 Å². The number of carbonyl (C=O) groups is 2. The molecular weight excluding hydrogens is 536 g/mol. The number of carbonyl (C=O) groups excluding carboxylic acids is 2. The van der Waals surface area contributed by atoms with Crippen molar-refractivity contribution < 1.29 is 18.7 Å². The number of anilines is 1. The van der Waals surface area contributed by atoms with E-state index in [4.69, 9.17) is 27.9 Å². The summed E-state index contributed by atoms with van der Waals surface area (Å²) >= 11 is 15.5. The number of hydrazone groups is 1. The second-order valence-corrected chi connectivity index (χ2v) is 8.44. The lowest BCUT2D eigenvalue weighted by molar-refractivity contribution is -0.126. The van der Waals surface area contributed by atoms with Crippen LogP contribution >= 0.6 is 39.1 Å². The summed E-state index contributed by atoms with van der Waals surface area (Å²) < 4.78 is 19.4. The quantitative estimate of drug-likeness (QED) is 0.206. The van der Waals surface area contributed by atoms with Crippen LogP contribution < -0.4 is 15.5 Å². The molecule has 0 aliphatic carbocycles. The molecule has 0 saturated heterocycles. The number of rotatable bonds is 8. The fourth-order valence-electron chi connectivity index (χ4n) is 2.61. The first-order chi connectivity index (χ1) is 15.8. The summed E-state index contributed by atoms with van der Waals surface area (Å²) in [5.74, 6) is -0.957. The van der Waals surface area contributed by atoms with E-state index in [1.807, 2.05) is 0 Å². The van der Waals surface area contributed by atoms with Crippen LogP contribution in [0.15, 0.2) is 70.2 Å². The van der Waals surface area contributed by atoms with E-state index >= 15 is 0 Å². The van der Waals surface area contributed by atoms with Crippen molar-refractivity contribution in [1.29, 1.82) is 0 Å². The fraction of sp³-hybridized carbons (Fsp3) is 0.0870. The van der Waals surface area contributed by atoms with E-state index in [1.54, 1.807) is 36.4 Å². The maximum Gasteiger partial charge on any atom is 0.249 e. The van der Waals surface area contributed by atoms with Gasteiger partial charge in [-0.2, -0.15) is 5.10 Å². The highest BCUT2D eigenvalue weighted by atomic mass is 79.9. The van der Waals surface area contributed by atoms with Crippen molar-refractivity contribution in [3.8, 4) is 5.75 Å². The Hall–Kier alpha value is -2.94. The summed E-state index contributed by atoms with van der Waals surface area (Å²) in [5.41, 5.74) is 4.16. The van der Waals surface area contributed by atoms with Gasteiger partial charge in [0.1, 0.15) is 24.6 Å². The monoisotopic (exact) mass is 551 g/mol. The summed E-state index contributed by atoms with van der Waals surface area (Å²) in [4.78, 5) is 23.8. The molecule has 2 N–H and O–H groups in total. The molecule has 10 heteroatoms. The van der Waals surface area contributed by atoms with Gasteiger partial charge >= 0.3 is 0 Å². The number of hydrogen-bond acceptors (Lipinski definition) is 4. The van der Waals surface area contributed by atoms with Crippen molar-refractivity contribution in [3.63, 3.8) is 0 Å². The van der Waals surface area contributed by atoms with Crippen LogP contribution in [0.3, 0.4) is 0 Å². The largest absolute Gasteiger partial charge is 0.488 e. The molecular formula is C23H17BrCl2FN3O3. The first-order valence-corrected chi connectivity index (χ1v) is 11.1. The van der Waals surface area contributed by atoms with Gasteiger partial charge in [0, 0.05) is 21.3 Å². The van der Waals surface area contributed by atoms with E-state index in [9.17, 15) is 14.0 Å². The lowest BCUT2D eigenvalue weighted by Crippen LogP contribution is -2.24. The summed E-state index contributed by atoms with van der Waals surface area (Å²) in [6.45, 7) is 0.262. The molecule has 0 aliphatic rings. The lowest BCUT2D eigenvalue weighted by Gasteiger charge is -2.10. The van der Waals surface area contributed by atoms with Gasteiger partial charge in [-0.25, -0.2) is 9.82 Å². The molecule has 3 rings (SSSR count). The van der Waals surface area contributed by atoms with Crippen molar-refractivity contribution in [1.82, 2.24) is 5.43 Å². The Balaban J connectivity index is 1.48. The number of hydrogen-bond donors (Lipinski definition) is 2. The molecule has 170 valence electrons. The van der Waals surface area contributed by atoms with Crippen LogP contribution in [0.25, 0.3) is 0 Å². The van der Waals surface area contributed by atoms with Gasteiger partial charge in [0.25, 0.3) is 0 Å². The van der Waals surface area contributed by atoms with Crippen LogP contribution in [0.5, 0.6) is 5.75 Å². The Bertz CT molecular complexity index is 1190. The van der Waals surface area contributed by atoms with Crippen LogP contribution in [-0.4, -0.2) is 18.0 Å². The van der Waals surface area contributed by atoms with Gasteiger partial charge in [-0.3, -0.25) is 9.59 Å². The van der Waals surface area contributed by atoms with E-state index in [0.29, 0.717) is 31.5 Å². The maximum absolute atomic E-state index is 12.9. The highest BCUT2D eigenvalue weighted by molar-refractivity contribution is 9.10. The normalized spacial score (nSPS) is 10.8. The third kappa shape index (κ3) is 7.85. The predicted molar refractivity (Wildman–Crippen MR) is 130 cm³/mol. The predicted octanol–water partition coefficient (Wildman–Crippen LogP) is 5.95. The van der Waals surface area contributed by atoms with Gasteiger partial charge in [-0.1, -0.05) is 29.3 Å². The van der Waals surface area contributed by atoms with Crippen molar-refractivity contribution in [3.05, 3.63) is 92.1 Å². The molecule has 2 amide bonds. The van der Waals surface area contributed by atoms with Crippen molar-refractivity contribution in [2.24, 2.45) is 5.10 Å². The highest BCUT2D eigenvalue weighted by Crippen LogP contribution is 2.28. The second-order valence-electron chi connectivity index (χ2n) is 6.74. The Kier molecular flexibility index (Phi) is 8.82. The van der Waals surface area contributed by atoms with Gasteiger partial charge < -0.3 is 10.1 Å². The minimum Gasteiger partial charge on any atom is -0.488 e. The molecule has 0 bridgehead atoms. The zero-order chi connectivity index (χ0) is 23.8. The summed E-state index contributed by atoms with van der Waals surface area (Å²) in [5, 5.41) is 7.42. The molecule has 0 aromatic heterocycles. The Morgan fingerprint density at radius 1 is 1.03 bits per heavy atom. The van der Waals surface area contributed by atoms with Crippen LogP contribution in [0.4, 0.5) is 10.1 Å². The summed E-state index contributed by atoms with van der Waals surface area (Å²) in [7, 11) is 0. The van der Waals surface area contributed by atoms with E-state index in [1.165, 1.54) is 30.5 Å².